The van der Waals surface area contributed by atoms with Crippen LogP contribution in [0.25, 0.3) is 0 Å². The van der Waals surface area contributed by atoms with Gasteiger partial charge in [-0.2, -0.15) is 0 Å². The molecule has 116 valence electrons. The lowest BCUT2D eigenvalue weighted by Gasteiger charge is -2.33. The molecule has 1 aromatic carbocycles. The Balaban J connectivity index is 2.01. The second kappa shape index (κ2) is 7.20. The molecule has 1 aromatic rings. The Hall–Kier alpha value is -1.17. The van der Waals surface area contributed by atoms with E-state index in [1.807, 2.05) is 19.1 Å². The number of nitrogens with zero attached hydrogens (tertiary/aromatic N) is 1. The molecule has 1 aliphatic heterocycles. The van der Waals surface area contributed by atoms with Crippen molar-refractivity contribution in [3.05, 3.63) is 29.3 Å². The van der Waals surface area contributed by atoms with Gasteiger partial charge in [-0.15, -0.1) is 0 Å². The van der Waals surface area contributed by atoms with Crippen molar-refractivity contribution >= 4 is 17.2 Å². The minimum atomic E-state index is -0.200. The summed E-state index contributed by atoms with van der Waals surface area (Å²) in [5, 5.41) is 9.65. The molecule has 0 amide bonds. The van der Waals surface area contributed by atoms with E-state index in [-0.39, 0.29) is 6.10 Å². The van der Waals surface area contributed by atoms with Gasteiger partial charge in [-0.1, -0.05) is 18.3 Å². The number of benzene rings is 1. The molecule has 1 saturated heterocycles. The molecule has 5 heteroatoms. The summed E-state index contributed by atoms with van der Waals surface area (Å²) >= 11 is 5.08. The molecule has 21 heavy (non-hydrogen) atoms. The summed E-state index contributed by atoms with van der Waals surface area (Å²) in [6.45, 7) is 4.80. The maximum Gasteiger partial charge on any atom is 0.129 e. The van der Waals surface area contributed by atoms with Gasteiger partial charge in [0.2, 0.25) is 0 Å². The number of thiocarbonyl (C=S) groups is 1. The number of hydrogen-bond acceptors (Lipinski definition) is 4. The van der Waals surface area contributed by atoms with E-state index in [0.717, 1.165) is 43.8 Å². The number of likely N-dealkylation sites (tertiary alicyclic amines) is 1. The Bertz CT molecular complexity index is 497. The van der Waals surface area contributed by atoms with E-state index < -0.39 is 0 Å². The lowest BCUT2D eigenvalue weighted by Crippen LogP contribution is -2.36. The fourth-order valence-electron chi connectivity index (χ4n) is 2.90. The molecule has 1 heterocycles. The summed E-state index contributed by atoms with van der Waals surface area (Å²) in [5.41, 5.74) is 7.74. The topological polar surface area (TPSA) is 58.7 Å². The van der Waals surface area contributed by atoms with Crippen LogP contribution in [-0.2, 0) is 6.54 Å². The second-order valence-electron chi connectivity index (χ2n) is 5.75. The molecule has 2 rings (SSSR count). The normalized spacial score (nSPS) is 18.4. The molecule has 1 unspecified atom stereocenters. The number of hydrogen-bond donors (Lipinski definition) is 2. The van der Waals surface area contributed by atoms with Crippen molar-refractivity contribution in [1.29, 1.82) is 0 Å². The standard InChI is InChI=1S/C16H24N2O2S/c1-11(19)13-5-7-18(8-6-13)10-12-3-4-15(20-2)14(9-12)16(17)21/h3-4,9,11,13,19H,5-8,10H2,1-2H3,(H2,17,21). The molecular weight excluding hydrogens is 284 g/mol. The van der Waals surface area contributed by atoms with E-state index in [2.05, 4.69) is 11.0 Å². The average Bonchev–Trinajstić information content (AvgIpc) is 2.47. The molecule has 0 bridgehead atoms. The van der Waals surface area contributed by atoms with Crippen LogP contribution in [-0.4, -0.2) is 41.3 Å². The van der Waals surface area contributed by atoms with Crippen molar-refractivity contribution in [2.75, 3.05) is 20.2 Å². The largest absolute Gasteiger partial charge is 0.496 e. The van der Waals surface area contributed by atoms with Crippen LogP contribution < -0.4 is 10.5 Å². The summed E-state index contributed by atoms with van der Waals surface area (Å²) in [5.74, 6) is 1.16. The van der Waals surface area contributed by atoms with E-state index >= 15 is 0 Å². The quantitative estimate of drug-likeness (QED) is 0.814. The smallest absolute Gasteiger partial charge is 0.129 e. The Morgan fingerprint density at radius 2 is 2.14 bits per heavy atom. The molecule has 4 nitrogen and oxygen atoms in total. The van der Waals surface area contributed by atoms with Crippen LogP contribution in [0.5, 0.6) is 5.75 Å². The van der Waals surface area contributed by atoms with Crippen molar-refractivity contribution in [3.8, 4) is 5.75 Å². The van der Waals surface area contributed by atoms with Crippen LogP contribution in [0.4, 0.5) is 0 Å². The summed E-state index contributed by atoms with van der Waals surface area (Å²) in [4.78, 5) is 2.77. The predicted molar refractivity (Wildman–Crippen MR) is 88.6 cm³/mol. The first kappa shape index (κ1) is 16.2. The maximum atomic E-state index is 9.65. The fourth-order valence-corrected chi connectivity index (χ4v) is 3.06. The molecular formula is C16H24N2O2S. The van der Waals surface area contributed by atoms with Gasteiger partial charge >= 0.3 is 0 Å². The van der Waals surface area contributed by atoms with Crippen LogP contribution in [0.1, 0.15) is 30.9 Å². The van der Waals surface area contributed by atoms with E-state index in [1.54, 1.807) is 7.11 Å². The lowest BCUT2D eigenvalue weighted by molar-refractivity contribution is 0.0695. The fraction of sp³-hybridized carbons (Fsp3) is 0.562. The number of piperidine rings is 1. The number of ether oxygens (including phenoxy) is 1. The summed E-state index contributed by atoms with van der Waals surface area (Å²) in [7, 11) is 1.62. The van der Waals surface area contributed by atoms with Crippen LogP contribution in [0, 0.1) is 5.92 Å². The van der Waals surface area contributed by atoms with Gasteiger partial charge in [0.25, 0.3) is 0 Å². The minimum Gasteiger partial charge on any atom is -0.496 e. The highest BCUT2D eigenvalue weighted by Gasteiger charge is 2.22. The van der Waals surface area contributed by atoms with Crippen LogP contribution in [0.15, 0.2) is 18.2 Å². The maximum absolute atomic E-state index is 9.65. The number of methoxy groups -OCH3 is 1. The number of aliphatic hydroxyl groups is 1. The third kappa shape index (κ3) is 4.15. The Kier molecular flexibility index (Phi) is 5.56. The van der Waals surface area contributed by atoms with Crippen molar-refractivity contribution in [2.24, 2.45) is 11.7 Å². The van der Waals surface area contributed by atoms with E-state index in [1.165, 1.54) is 5.56 Å². The van der Waals surface area contributed by atoms with Crippen LogP contribution in [0.2, 0.25) is 0 Å². The number of rotatable bonds is 5. The van der Waals surface area contributed by atoms with E-state index in [4.69, 9.17) is 22.7 Å². The first-order chi connectivity index (χ1) is 10.0. The summed E-state index contributed by atoms with van der Waals surface area (Å²) in [6, 6.07) is 6.00. The molecule has 1 aliphatic rings. The average molecular weight is 308 g/mol. The van der Waals surface area contributed by atoms with Crippen LogP contribution in [0.3, 0.4) is 0 Å². The van der Waals surface area contributed by atoms with Gasteiger partial charge in [-0.05, 0) is 56.5 Å². The Morgan fingerprint density at radius 3 is 2.67 bits per heavy atom. The molecule has 0 aliphatic carbocycles. The van der Waals surface area contributed by atoms with Gasteiger partial charge < -0.3 is 15.6 Å². The third-order valence-electron chi connectivity index (χ3n) is 4.25. The van der Waals surface area contributed by atoms with Gasteiger partial charge in [0.15, 0.2) is 0 Å². The molecule has 0 aromatic heterocycles. The Morgan fingerprint density at radius 1 is 1.48 bits per heavy atom. The van der Waals surface area contributed by atoms with Gasteiger partial charge in [-0.25, -0.2) is 0 Å². The highest BCUT2D eigenvalue weighted by molar-refractivity contribution is 7.80. The van der Waals surface area contributed by atoms with Crippen molar-refractivity contribution in [2.45, 2.75) is 32.4 Å². The molecule has 3 N–H and O–H groups in total. The summed E-state index contributed by atoms with van der Waals surface area (Å²) < 4.78 is 5.28. The van der Waals surface area contributed by atoms with Crippen molar-refractivity contribution < 1.29 is 9.84 Å². The SMILES string of the molecule is COc1ccc(CN2CCC(C(C)O)CC2)cc1C(N)=S. The monoisotopic (exact) mass is 308 g/mol. The second-order valence-corrected chi connectivity index (χ2v) is 6.19. The van der Waals surface area contributed by atoms with Gasteiger partial charge in [0.05, 0.1) is 18.8 Å². The zero-order chi connectivity index (χ0) is 15.4. The summed E-state index contributed by atoms with van der Waals surface area (Å²) in [6.07, 6.45) is 1.90. The van der Waals surface area contributed by atoms with Crippen molar-refractivity contribution in [3.63, 3.8) is 0 Å². The van der Waals surface area contributed by atoms with Gasteiger partial charge in [-0.3, -0.25) is 4.90 Å². The molecule has 1 fully saturated rings. The first-order valence-electron chi connectivity index (χ1n) is 7.38. The third-order valence-corrected chi connectivity index (χ3v) is 4.47. The zero-order valence-electron chi connectivity index (χ0n) is 12.7. The van der Waals surface area contributed by atoms with Gasteiger partial charge in [0, 0.05) is 6.54 Å². The molecule has 1 atom stereocenters. The zero-order valence-corrected chi connectivity index (χ0v) is 13.5. The highest BCUT2D eigenvalue weighted by atomic mass is 32.1. The number of aliphatic hydroxyl groups excluding tert-OH is 1. The van der Waals surface area contributed by atoms with Crippen molar-refractivity contribution in [1.82, 2.24) is 4.90 Å². The predicted octanol–water partition coefficient (Wildman–Crippen LogP) is 1.92. The van der Waals surface area contributed by atoms with Crippen LogP contribution >= 0.6 is 12.2 Å². The van der Waals surface area contributed by atoms with E-state index in [0.29, 0.717) is 10.9 Å². The molecule has 0 saturated carbocycles. The Labute approximate surface area is 131 Å². The lowest BCUT2D eigenvalue weighted by atomic mass is 9.92. The van der Waals surface area contributed by atoms with Gasteiger partial charge in [0.1, 0.15) is 10.7 Å². The van der Waals surface area contributed by atoms with E-state index in [9.17, 15) is 5.11 Å². The first-order valence-corrected chi connectivity index (χ1v) is 7.79. The highest BCUT2D eigenvalue weighted by Crippen LogP contribution is 2.24. The minimum absolute atomic E-state index is 0.200. The number of nitrogens with two attached hydrogens (primary N) is 1. The molecule has 0 spiro atoms. The molecule has 0 radical (unpaired) electrons.